The Bertz CT molecular complexity index is 847. The first kappa shape index (κ1) is 23.9. The summed E-state index contributed by atoms with van der Waals surface area (Å²) in [6.45, 7) is 12.9. The maximum Gasteiger partial charge on any atom is 0.211 e. The topological polar surface area (TPSA) is 78.7 Å². The van der Waals surface area contributed by atoms with Crippen LogP contribution in [0.2, 0.25) is 19.6 Å². The van der Waals surface area contributed by atoms with E-state index >= 15 is 0 Å². The molecule has 2 saturated carbocycles. The monoisotopic (exact) mass is 447 g/mol. The number of nitrogens with zero attached hydrogens (tertiary/aromatic N) is 1. The number of carbonyl (C=O) groups is 1. The largest absolute Gasteiger partial charge is 0.497 e. The van der Waals surface area contributed by atoms with E-state index in [0.717, 1.165) is 24.8 Å². The first-order chi connectivity index (χ1) is 14.3. The van der Waals surface area contributed by atoms with E-state index in [-0.39, 0.29) is 34.5 Å². The lowest BCUT2D eigenvalue weighted by atomic mass is 9.62. The van der Waals surface area contributed by atoms with Gasteiger partial charge in [-0.25, -0.2) is 0 Å². The third-order valence-corrected chi connectivity index (χ3v) is 9.14. The molecule has 0 amide bonds. The number of ketones is 1. The molecule has 0 aliphatic heterocycles. The average Bonchev–Trinajstić information content (AvgIpc) is 2.98. The predicted molar refractivity (Wildman–Crippen MR) is 124 cm³/mol. The smallest absolute Gasteiger partial charge is 0.211 e. The van der Waals surface area contributed by atoms with Crippen LogP contribution in [0.25, 0.3) is 0 Å². The van der Waals surface area contributed by atoms with Crippen molar-refractivity contribution in [1.82, 2.24) is 0 Å². The van der Waals surface area contributed by atoms with Crippen LogP contribution in [0.4, 0.5) is 0 Å². The van der Waals surface area contributed by atoms with E-state index in [4.69, 9.17) is 9.16 Å². The standard InChI is InChI=1S/C24H37NO5Si/c1-22(2)19-12-13-23(22,3)24(15-19,30-31(5,6)7)21(26)14-18(16-25(27)28)17-8-10-20(29-4)11-9-17/h8-11,18-19H,12-16H2,1-7H3/t18-,19-,23-,24+/m1/s1. The summed E-state index contributed by atoms with van der Waals surface area (Å²) in [5.74, 6) is 0.681. The van der Waals surface area contributed by atoms with Crippen LogP contribution >= 0.6 is 0 Å². The van der Waals surface area contributed by atoms with Gasteiger partial charge in [0, 0.05) is 16.8 Å². The highest BCUT2D eigenvalue weighted by Gasteiger charge is 2.72. The van der Waals surface area contributed by atoms with Crippen LogP contribution in [0.15, 0.2) is 24.3 Å². The molecule has 1 aromatic carbocycles. The van der Waals surface area contributed by atoms with E-state index in [9.17, 15) is 14.9 Å². The number of methoxy groups -OCH3 is 1. The fourth-order valence-electron chi connectivity index (χ4n) is 6.14. The fraction of sp³-hybridized carbons (Fsp3) is 0.708. The number of rotatable bonds is 9. The Morgan fingerprint density at radius 1 is 1.23 bits per heavy atom. The lowest BCUT2D eigenvalue weighted by Crippen LogP contribution is -2.59. The van der Waals surface area contributed by atoms with Crippen LogP contribution in [0.1, 0.15) is 57.9 Å². The fourth-order valence-corrected chi connectivity index (χ4v) is 7.60. The zero-order valence-electron chi connectivity index (χ0n) is 20.0. The number of hydrogen-bond donors (Lipinski definition) is 0. The summed E-state index contributed by atoms with van der Waals surface area (Å²) in [6, 6.07) is 7.25. The number of Topliss-reactive ketones (excluding diaryl/α,β-unsaturated/α-hetero) is 1. The van der Waals surface area contributed by atoms with Gasteiger partial charge in [0.1, 0.15) is 11.4 Å². The van der Waals surface area contributed by atoms with Gasteiger partial charge in [-0.1, -0.05) is 32.9 Å². The molecule has 0 saturated heterocycles. The van der Waals surface area contributed by atoms with Crippen molar-refractivity contribution < 1.29 is 18.9 Å². The second kappa shape index (κ2) is 8.00. The van der Waals surface area contributed by atoms with Crippen molar-refractivity contribution in [2.45, 2.75) is 77.6 Å². The van der Waals surface area contributed by atoms with Crippen molar-refractivity contribution in [2.75, 3.05) is 13.7 Å². The maximum atomic E-state index is 14.1. The van der Waals surface area contributed by atoms with Gasteiger partial charge in [-0.05, 0) is 67.9 Å². The molecule has 0 N–H and O–H groups in total. The van der Waals surface area contributed by atoms with E-state index in [1.807, 2.05) is 12.1 Å². The molecular formula is C24H37NO5Si. The number of nitro groups is 1. The molecule has 2 aliphatic carbocycles. The summed E-state index contributed by atoms with van der Waals surface area (Å²) in [4.78, 5) is 25.2. The van der Waals surface area contributed by atoms with Crippen molar-refractivity contribution in [3.05, 3.63) is 39.9 Å². The number of fused-ring (bicyclic) bond motifs is 2. The second-order valence-corrected chi connectivity index (χ2v) is 15.6. The summed E-state index contributed by atoms with van der Waals surface area (Å²) < 4.78 is 12.0. The van der Waals surface area contributed by atoms with Crippen molar-refractivity contribution in [2.24, 2.45) is 16.7 Å². The minimum atomic E-state index is -2.05. The van der Waals surface area contributed by atoms with Gasteiger partial charge in [0.25, 0.3) is 0 Å². The quantitative estimate of drug-likeness (QED) is 0.286. The van der Waals surface area contributed by atoms with Crippen molar-refractivity contribution >= 4 is 14.1 Å². The Morgan fingerprint density at radius 3 is 2.26 bits per heavy atom. The van der Waals surface area contributed by atoms with E-state index in [1.54, 1.807) is 19.2 Å². The van der Waals surface area contributed by atoms with Gasteiger partial charge in [-0.3, -0.25) is 14.9 Å². The zero-order valence-corrected chi connectivity index (χ0v) is 21.0. The van der Waals surface area contributed by atoms with Gasteiger partial charge in [-0.15, -0.1) is 0 Å². The molecule has 0 unspecified atom stereocenters. The van der Waals surface area contributed by atoms with Gasteiger partial charge in [0.05, 0.1) is 13.0 Å². The number of benzene rings is 1. The Kier molecular flexibility index (Phi) is 6.17. The first-order valence-electron chi connectivity index (χ1n) is 11.2. The molecule has 3 rings (SSSR count). The van der Waals surface area contributed by atoms with Gasteiger partial charge in [-0.2, -0.15) is 0 Å². The average molecular weight is 448 g/mol. The van der Waals surface area contributed by atoms with Gasteiger partial charge >= 0.3 is 0 Å². The molecule has 0 heterocycles. The molecule has 31 heavy (non-hydrogen) atoms. The molecule has 0 radical (unpaired) electrons. The van der Waals surface area contributed by atoms with Crippen LogP contribution < -0.4 is 4.74 Å². The third-order valence-electron chi connectivity index (χ3n) is 8.18. The lowest BCUT2D eigenvalue weighted by molar-refractivity contribution is -0.483. The molecule has 2 bridgehead atoms. The SMILES string of the molecule is COc1ccc([C@H](CC(=O)[C@@]2(O[Si](C)(C)C)C[C@H]3CC[C@]2(C)C3(C)C)C[N+](=O)[O-])cc1. The van der Waals surface area contributed by atoms with Crippen LogP contribution in [-0.2, 0) is 9.22 Å². The third kappa shape index (κ3) is 4.06. The lowest BCUT2D eigenvalue weighted by Gasteiger charge is -2.50. The molecule has 172 valence electrons. The summed E-state index contributed by atoms with van der Waals surface area (Å²) in [5, 5.41) is 11.5. The van der Waals surface area contributed by atoms with E-state index in [0.29, 0.717) is 11.7 Å². The zero-order chi connectivity index (χ0) is 23.2. The summed E-state index contributed by atoms with van der Waals surface area (Å²) in [6.07, 6.45) is 2.93. The van der Waals surface area contributed by atoms with Crippen LogP contribution in [0, 0.1) is 26.9 Å². The van der Waals surface area contributed by atoms with Crippen molar-refractivity contribution in [3.8, 4) is 5.75 Å². The normalized spacial score (nSPS) is 30.2. The molecule has 0 aromatic heterocycles. The Labute approximate surface area is 187 Å². The van der Waals surface area contributed by atoms with Crippen molar-refractivity contribution in [1.29, 1.82) is 0 Å². The van der Waals surface area contributed by atoms with Gasteiger partial charge < -0.3 is 9.16 Å². The Hall–Kier alpha value is -1.73. The molecule has 1 aromatic rings. The predicted octanol–water partition coefficient (Wildman–Crippen LogP) is 5.45. The van der Waals surface area contributed by atoms with Crippen LogP contribution in [-0.4, -0.2) is 38.3 Å². The molecule has 0 spiro atoms. The highest BCUT2D eigenvalue weighted by Crippen LogP contribution is 2.71. The number of hydrogen-bond acceptors (Lipinski definition) is 5. The molecule has 6 nitrogen and oxygen atoms in total. The molecule has 2 aliphatic rings. The minimum absolute atomic E-state index is 0.00102. The Balaban J connectivity index is 1.98. The first-order valence-corrected chi connectivity index (χ1v) is 14.7. The number of carbonyl (C=O) groups excluding carboxylic acids is 1. The van der Waals surface area contributed by atoms with Crippen molar-refractivity contribution in [3.63, 3.8) is 0 Å². The summed E-state index contributed by atoms with van der Waals surface area (Å²) in [7, 11) is -0.465. The van der Waals surface area contributed by atoms with Gasteiger partial charge in [0.15, 0.2) is 14.1 Å². The molecule has 4 atom stereocenters. The van der Waals surface area contributed by atoms with E-state index in [2.05, 4.69) is 40.4 Å². The highest BCUT2D eigenvalue weighted by molar-refractivity contribution is 6.70. The van der Waals surface area contributed by atoms with Crippen LogP contribution in [0.5, 0.6) is 5.75 Å². The molecule has 7 heteroatoms. The molecular weight excluding hydrogens is 410 g/mol. The second-order valence-electron chi connectivity index (χ2n) is 11.1. The maximum absolute atomic E-state index is 14.1. The van der Waals surface area contributed by atoms with Gasteiger partial charge in [0.2, 0.25) is 6.54 Å². The minimum Gasteiger partial charge on any atom is -0.497 e. The molecule has 2 fully saturated rings. The Morgan fingerprint density at radius 2 is 1.84 bits per heavy atom. The number of ether oxygens (including phenoxy) is 1. The van der Waals surface area contributed by atoms with E-state index < -0.39 is 19.8 Å². The van der Waals surface area contributed by atoms with Crippen LogP contribution in [0.3, 0.4) is 0 Å². The summed E-state index contributed by atoms with van der Waals surface area (Å²) in [5.41, 5.74) is -0.325. The summed E-state index contributed by atoms with van der Waals surface area (Å²) >= 11 is 0. The highest BCUT2D eigenvalue weighted by atomic mass is 28.4. The van der Waals surface area contributed by atoms with E-state index in [1.165, 1.54) is 0 Å².